The summed E-state index contributed by atoms with van der Waals surface area (Å²) in [5.41, 5.74) is 7.67. The van der Waals surface area contributed by atoms with E-state index in [0.717, 1.165) is 0 Å². The molecule has 0 saturated heterocycles. The molecule has 0 spiro atoms. The van der Waals surface area contributed by atoms with Crippen molar-refractivity contribution in [3.05, 3.63) is 76.9 Å². The van der Waals surface area contributed by atoms with Crippen LogP contribution in [0.5, 0.6) is 0 Å². The quantitative estimate of drug-likeness (QED) is 0.607. The van der Waals surface area contributed by atoms with Crippen molar-refractivity contribution in [3.8, 4) is 0 Å². The van der Waals surface area contributed by atoms with E-state index in [4.69, 9.17) is 0 Å². The molecule has 0 fully saturated rings. The maximum absolute atomic E-state index is 2.47. The lowest BCUT2D eigenvalue weighted by Crippen LogP contribution is -2.20. The maximum Gasteiger partial charge on any atom is 0.00981 e. The normalized spacial score (nSPS) is 27.2. The summed E-state index contributed by atoms with van der Waals surface area (Å²) < 4.78 is 0. The van der Waals surface area contributed by atoms with Gasteiger partial charge in [-0.3, -0.25) is 0 Å². The van der Waals surface area contributed by atoms with Gasteiger partial charge in [-0.25, -0.2) is 0 Å². The van der Waals surface area contributed by atoms with E-state index in [2.05, 4.69) is 61.6 Å². The second-order valence-corrected chi connectivity index (χ2v) is 6.59. The molecule has 0 saturated carbocycles. The summed E-state index contributed by atoms with van der Waals surface area (Å²) in [4.78, 5) is 0. The Bertz CT molecular complexity index is 682. The highest BCUT2D eigenvalue weighted by molar-refractivity contribution is 5.75. The standard InChI is InChI=1S/C21H22/c1-15-7-6-9-16(13-15)21-14-17-8-2-3-10-18(17)19-11-4-5-12-20(19)21/h2-5,9-13,17,21H,6-8,14H2,1H3. The first-order valence-corrected chi connectivity index (χ1v) is 8.16. The Hall–Kier alpha value is -1.82. The van der Waals surface area contributed by atoms with Gasteiger partial charge in [-0.15, -0.1) is 0 Å². The third-order valence-electron chi connectivity index (χ3n) is 5.17. The highest BCUT2D eigenvalue weighted by Gasteiger charge is 2.32. The Morgan fingerprint density at radius 2 is 2.05 bits per heavy atom. The lowest BCUT2D eigenvalue weighted by Gasteiger charge is -2.36. The molecular weight excluding hydrogens is 252 g/mol. The van der Waals surface area contributed by atoms with Gasteiger partial charge in [0.1, 0.15) is 0 Å². The molecule has 0 bridgehead atoms. The molecule has 3 aliphatic rings. The molecule has 0 heterocycles. The van der Waals surface area contributed by atoms with Crippen molar-refractivity contribution in [2.75, 3.05) is 0 Å². The van der Waals surface area contributed by atoms with Gasteiger partial charge in [0, 0.05) is 5.92 Å². The maximum atomic E-state index is 2.47. The average molecular weight is 274 g/mol. The zero-order valence-corrected chi connectivity index (χ0v) is 12.7. The Balaban J connectivity index is 1.82. The van der Waals surface area contributed by atoms with E-state index in [1.807, 2.05) is 0 Å². The molecule has 1 aromatic rings. The minimum Gasteiger partial charge on any atom is -0.0839 e. The molecular formula is C21H22. The molecule has 2 atom stereocenters. The lowest BCUT2D eigenvalue weighted by atomic mass is 9.68. The van der Waals surface area contributed by atoms with Crippen LogP contribution < -0.4 is 0 Å². The molecule has 21 heavy (non-hydrogen) atoms. The van der Waals surface area contributed by atoms with Gasteiger partial charge in [-0.2, -0.15) is 0 Å². The second kappa shape index (κ2) is 5.18. The Kier molecular flexibility index (Phi) is 3.18. The first-order valence-electron chi connectivity index (χ1n) is 8.16. The molecule has 0 aromatic heterocycles. The first-order chi connectivity index (χ1) is 10.3. The number of hydrogen-bond acceptors (Lipinski definition) is 0. The minimum absolute atomic E-state index is 0.588. The number of fused-ring (bicyclic) bond motifs is 3. The summed E-state index contributed by atoms with van der Waals surface area (Å²) in [6.07, 6.45) is 16.7. The molecule has 2 unspecified atom stereocenters. The van der Waals surface area contributed by atoms with Crippen molar-refractivity contribution >= 4 is 5.57 Å². The molecule has 0 aliphatic heterocycles. The van der Waals surface area contributed by atoms with Crippen LogP contribution in [0.1, 0.15) is 49.7 Å². The largest absolute Gasteiger partial charge is 0.0839 e. The fourth-order valence-electron chi connectivity index (χ4n) is 4.13. The zero-order valence-electron chi connectivity index (χ0n) is 12.7. The van der Waals surface area contributed by atoms with Crippen LogP contribution >= 0.6 is 0 Å². The van der Waals surface area contributed by atoms with Crippen molar-refractivity contribution in [3.63, 3.8) is 0 Å². The van der Waals surface area contributed by atoms with Gasteiger partial charge < -0.3 is 0 Å². The van der Waals surface area contributed by atoms with Gasteiger partial charge in [0.25, 0.3) is 0 Å². The van der Waals surface area contributed by atoms with Gasteiger partial charge in [0.15, 0.2) is 0 Å². The number of benzene rings is 1. The Labute approximate surface area is 127 Å². The number of hydrogen-bond donors (Lipinski definition) is 0. The Morgan fingerprint density at radius 1 is 1.14 bits per heavy atom. The van der Waals surface area contributed by atoms with E-state index in [1.54, 1.807) is 11.1 Å². The summed E-state index contributed by atoms with van der Waals surface area (Å²) in [6.45, 7) is 2.27. The first kappa shape index (κ1) is 12.9. The van der Waals surface area contributed by atoms with E-state index in [1.165, 1.54) is 42.4 Å². The highest BCUT2D eigenvalue weighted by atomic mass is 14.4. The van der Waals surface area contributed by atoms with Gasteiger partial charge in [-0.1, -0.05) is 60.2 Å². The van der Waals surface area contributed by atoms with Crippen LogP contribution in [-0.2, 0) is 0 Å². The predicted octanol–water partition coefficient (Wildman–Crippen LogP) is 5.80. The SMILES string of the molecule is CC1=CC(C2CC3CC=CC=C3c3ccccc32)=CCC1. The molecule has 0 radical (unpaired) electrons. The smallest absolute Gasteiger partial charge is 0.00981 e. The van der Waals surface area contributed by atoms with E-state index < -0.39 is 0 Å². The summed E-state index contributed by atoms with van der Waals surface area (Å²) in [5.74, 6) is 1.29. The molecule has 3 aliphatic carbocycles. The van der Waals surface area contributed by atoms with Crippen molar-refractivity contribution in [1.82, 2.24) is 0 Å². The molecule has 0 nitrogen and oxygen atoms in total. The lowest BCUT2D eigenvalue weighted by molar-refractivity contribution is 0.541. The third-order valence-corrected chi connectivity index (χ3v) is 5.17. The van der Waals surface area contributed by atoms with Gasteiger partial charge in [0.2, 0.25) is 0 Å². The third kappa shape index (κ3) is 2.23. The average Bonchev–Trinajstić information content (AvgIpc) is 2.54. The second-order valence-electron chi connectivity index (χ2n) is 6.59. The minimum atomic E-state index is 0.588. The molecule has 0 heteroatoms. The topological polar surface area (TPSA) is 0 Å². The van der Waals surface area contributed by atoms with Gasteiger partial charge in [0.05, 0.1) is 0 Å². The molecule has 0 amide bonds. The summed E-state index contributed by atoms with van der Waals surface area (Å²) in [6, 6.07) is 9.05. The van der Waals surface area contributed by atoms with Crippen molar-refractivity contribution in [2.24, 2.45) is 5.92 Å². The molecule has 1 aromatic carbocycles. The fraction of sp³-hybridized carbons (Fsp3) is 0.333. The Morgan fingerprint density at radius 3 is 2.95 bits per heavy atom. The number of rotatable bonds is 1. The van der Waals surface area contributed by atoms with Crippen LogP contribution in [-0.4, -0.2) is 0 Å². The summed E-state index contributed by atoms with van der Waals surface area (Å²) in [5, 5.41) is 0. The summed E-state index contributed by atoms with van der Waals surface area (Å²) in [7, 11) is 0. The van der Waals surface area contributed by atoms with E-state index in [0.29, 0.717) is 11.8 Å². The van der Waals surface area contributed by atoms with E-state index >= 15 is 0 Å². The van der Waals surface area contributed by atoms with Crippen molar-refractivity contribution in [1.29, 1.82) is 0 Å². The zero-order chi connectivity index (χ0) is 14.2. The van der Waals surface area contributed by atoms with Crippen LogP contribution in [0.4, 0.5) is 0 Å². The molecule has 0 N–H and O–H groups in total. The predicted molar refractivity (Wildman–Crippen MR) is 90.1 cm³/mol. The van der Waals surface area contributed by atoms with Crippen LogP contribution in [0.25, 0.3) is 5.57 Å². The van der Waals surface area contributed by atoms with E-state index in [-0.39, 0.29) is 0 Å². The van der Waals surface area contributed by atoms with Crippen molar-refractivity contribution in [2.45, 2.75) is 38.5 Å². The van der Waals surface area contributed by atoms with Crippen molar-refractivity contribution < 1.29 is 0 Å². The monoisotopic (exact) mass is 274 g/mol. The van der Waals surface area contributed by atoms with Crippen LogP contribution in [0.15, 0.2) is 65.8 Å². The van der Waals surface area contributed by atoms with E-state index in [9.17, 15) is 0 Å². The summed E-state index contributed by atoms with van der Waals surface area (Å²) >= 11 is 0. The highest BCUT2D eigenvalue weighted by Crippen LogP contribution is 2.48. The van der Waals surface area contributed by atoms with Gasteiger partial charge >= 0.3 is 0 Å². The molecule has 4 rings (SSSR count). The van der Waals surface area contributed by atoms with Crippen LogP contribution in [0.2, 0.25) is 0 Å². The van der Waals surface area contributed by atoms with Gasteiger partial charge in [-0.05, 0) is 60.8 Å². The molecule has 106 valence electrons. The van der Waals surface area contributed by atoms with Crippen LogP contribution in [0, 0.1) is 5.92 Å². The fourth-order valence-corrected chi connectivity index (χ4v) is 4.13. The van der Waals surface area contributed by atoms with Crippen LogP contribution in [0.3, 0.4) is 0 Å². The number of allylic oxidation sites excluding steroid dienone is 8.